The molecule has 0 aliphatic carbocycles. The highest BCUT2D eigenvalue weighted by atomic mass is 35.5. The van der Waals surface area contributed by atoms with Gasteiger partial charge in [-0.15, -0.1) is 0 Å². The Hall–Kier alpha value is -2.04. The van der Waals surface area contributed by atoms with Crippen molar-refractivity contribution in [1.82, 2.24) is 0 Å². The van der Waals surface area contributed by atoms with Crippen molar-refractivity contribution in [3.05, 3.63) is 59.1 Å². The van der Waals surface area contributed by atoms with Crippen LogP contribution in [-0.2, 0) is 16.0 Å². The predicted molar refractivity (Wildman–Crippen MR) is 94.7 cm³/mol. The van der Waals surface area contributed by atoms with E-state index in [9.17, 15) is 4.79 Å². The Labute approximate surface area is 146 Å². The van der Waals surface area contributed by atoms with Gasteiger partial charge in [-0.2, -0.15) is 0 Å². The summed E-state index contributed by atoms with van der Waals surface area (Å²) >= 11 is 6.09. The van der Waals surface area contributed by atoms with Crippen LogP contribution in [0.4, 0.5) is 5.69 Å². The van der Waals surface area contributed by atoms with Crippen molar-refractivity contribution in [2.24, 2.45) is 0 Å². The Morgan fingerprint density at radius 3 is 2.92 bits per heavy atom. The molecule has 1 aliphatic heterocycles. The third-order valence-electron chi connectivity index (χ3n) is 3.89. The van der Waals surface area contributed by atoms with Crippen LogP contribution in [0.1, 0.15) is 18.4 Å². The van der Waals surface area contributed by atoms with Crippen LogP contribution in [0.2, 0.25) is 5.02 Å². The lowest BCUT2D eigenvalue weighted by molar-refractivity contribution is -0.115. The van der Waals surface area contributed by atoms with E-state index < -0.39 is 0 Å². The van der Waals surface area contributed by atoms with Crippen LogP contribution in [0.5, 0.6) is 5.75 Å². The van der Waals surface area contributed by atoms with Gasteiger partial charge in [0.25, 0.3) is 0 Å². The number of carbonyl (C=O) groups excluding carboxylic acids is 1. The number of ether oxygens (including phenoxy) is 2. The zero-order valence-electron chi connectivity index (χ0n) is 13.3. The predicted octanol–water partition coefficient (Wildman–Crippen LogP) is 4.08. The quantitative estimate of drug-likeness (QED) is 0.858. The van der Waals surface area contributed by atoms with Gasteiger partial charge in [0.2, 0.25) is 5.91 Å². The molecule has 0 saturated carbocycles. The number of anilines is 1. The van der Waals surface area contributed by atoms with E-state index in [1.165, 1.54) is 0 Å². The van der Waals surface area contributed by atoms with Gasteiger partial charge in [-0.3, -0.25) is 4.79 Å². The number of nitrogens with one attached hydrogen (secondary N) is 1. The molecule has 1 amide bonds. The van der Waals surface area contributed by atoms with E-state index in [1.54, 1.807) is 6.07 Å². The van der Waals surface area contributed by atoms with Gasteiger partial charge >= 0.3 is 0 Å². The second-order valence-corrected chi connectivity index (χ2v) is 6.20. The molecule has 1 aliphatic rings. The monoisotopic (exact) mass is 345 g/mol. The molecule has 0 spiro atoms. The molecule has 2 aromatic carbocycles. The van der Waals surface area contributed by atoms with E-state index in [4.69, 9.17) is 21.1 Å². The Bertz CT molecular complexity index is 699. The minimum Gasteiger partial charge on any atom is -0.491 e. The van der Waals surface area contributed by atoms with E-state index in [0.29, 0.717) is 17.3 Å². The van der Waals surface area contributed by atoms with Gasteiger partial charge in [0.15, 0.2) is 0 Å². The molecule has 1 unspecified atom stereocenters. The average molecular weight is 346 g/mol. The molecule has 2 aromatic rings. The van der Waals surface area contributed by atoms with E-state index in [-0.39, 0.29) is 18.4 Å². The summed E-state index contributed by atoms with van der Waals surface area (Å²) in [5.74, 6) is 0.611. The van der Waals surface area contributed by atoms with Gasteiger partial charge in [-0.05, 0) is 36.6 Å². The van der Waals surface area contributed by atoms with Crippen molar-refractivity contribution in [2.45, 2.75) is 25.4 Å². The number of hydrogen-bond acceptors (Lipinski definition) is 3. The van der Waals surface area contributed by atoms with Crippen molar-refractivity contribution in [3.63, 3.8) is 0 Å². The lowest BCUT2D eigenvalue weighted by Crippen LogP contribution is -2.17. The molecule has 0 bridgehead atoms. The molecule has 3 rings (SSSR count). The molecule has 24 heavy (non-hydrogen) atoms. The van der Waals surface area contributed by atoms with E-state index in [0.717, 1.165) is 30.8 Å². The van der Waals surface area contributed by atoms with Crippen molar-refractivity contribution < 1.29 is 14.3 Å². The van der Waals surface area contributed by atoms with Crippen LogP contribution < -0.4 is 10.1 Å². The second-order valence-electron chi connectivity index (χ2n) is 5.79. The average Bonchev–Trinajstić information content (AvgIpc) is 3.09. The number of hydrogen-bond donors (Lipinski definition) is 1. The summed E-state index contributed by atoms with van der Waals surface area (Å²) in [6, 6.07) is 14.7. The fraction of sp³-hybridized carbons (Fsp3) is 0.316. The molecule has 1 heterocycles. The fourth-order valence-electron chi connectivity index (χ4n) is 2.65. The number of benzene rings is 2. The molecular weight excluding hydrogens is 326 g/mol. The lowest BCUT2D eigenvalue weighted by Gasteiger charge is -2.12. The number of halogens is 1. The maximum atomic E-state index is 12.2. The molecule has 1 fully saturated rings. The smallest absolute Gasteiger partial charge is 0.228 e. The maximum absolute atomic E-state index is 12.2. The zero-order valence-corrected chi connectivity index (χ0v) is 14.1. The molecule has 4 nitrogen and oxygen atoms in total. The molecule has 0 aromatic heterocycles. The van der Waals surface area contributed by atoms with Gasteiger partial charge < -0.3 is 14.8 Å². The first-order chi connectivity index (χ1) is 11.7. The van der Waals surface area contributed by atoms with E-state index in [2.05, 4.69) is 5.32 Å². The normalized spacial score (nSPS) is 16.8. The van der Waals surface area contributed by atoms with E-state index in [1.807, 2.05) is 42.5 Å². The third-order valence-corrected chi connectivity index (χ3v) is 4.26. The van der Waals surface area contributed by atoms with E-state index >= 15 is 0 Å². The summed E-state index contributed by atoms with van der Waals surface area (Å²) in [4.78, 5) is 12.2. The highest BCUT2D eigenvalue weighted by Crippen LogP contribution is 2.21. The van der Waals surface area contributed by atoms with Crippen molar-refractivity contribution in [2.75, 3.05) is 18.5 Å². The summed E-state index contributed by atoms with van der Waals surface area (Å²) in [5.41, 5.74) is 1.51. The first-order valence-electron chi connectivity index (χ1n) is 8.08. The van der Waals surface area contributed by atoms with Gasteiger partial charge in [0.05, 0.1) is 12.5 Å². The highest BCUT2D eigenvalue weighted by molar-refractivity contribution is 6.31. The zero-order chi connectivity index (χ0) is 16.8. The van der Waals surface area contributed by atoms with Gasteiger partial charge in [0, 0.05) is 23.4 Å². The number of carbonyl (C=O) groups is 1. The summed E-state index contributed by atoms with van der Waals surface area (Å²) in [6.45, 7) is 1.35. The Morgan fingerprint density at radius 2 is 2.12 bits per heavy atom. The summed E-state index contributed by atoms with van der Waals surface area (Å²) in [5, 5.41) is 3.48. The van der Waals surface area contributed by atoms with Crippen LogP contribution in [0.25, 0.3) is 0 Å². The molecule has 1 saturated heterocycles. The highest BCUT2D eigenvalue weighted by Gasteiger charge is 2.16. The van der Waals surface area contributed by atoms with Gasteiger partial charge in [-0.25, -0.2) is 0 Å². The van der Waals surface area contributed by atoms with Crippen LogP contribution in [-0.4, -0.2) is 25.2 Å². The topological polar surface area (TPSA) is 47.6 Å². The van der Waals surface area contributed by atoms with Crippen LogP contribution >= 0.6 is 11.6 Å². The summed E-state index contributed by atoms with van der Waals surface area (Å²) in [7, 11) is 0. The lowest BCUT2D eigenvalue weighted by atomic mass is 10.1. The van der Waals surface area contributed by atoms with Crippen molar-refractivity contribution in [1.29, 1.82) is 0 Å². The first-order valence-corrected chi connectivity index (χ1v) is 8.46. The minimum atomic E-state index is -0.112. The minimum absolute atomic E-state index is 0.112. The molecule has 126 valence electrons. The SMILES string of the molecule is O=C(Cc1ccccc1Cl)Nc1cccc(OCC2CCCO2)c1. The molecule has 1 N–H and O–H groups in total. The Balaban J connectivity index is 1.55. The van der Waals surface area contributed by atoms with Crippen LogP contribution in [0.3, 0.4) is 0 Å². The maximum Gasteiger partial charge on any atom is 0.228 e. The molecule has 5 heteroatoms. The fourth-order valence-corrected chi connectivity index (χ4v) is 2.85. The molecule has 1 atom stereocenters. The summed E-state index contributed by atoms with van der Waals surface area (Å²) in [6.07, 6.45) is 2.53. The second kappa shape index (κ2) is 8.18. The standard InChI is InChI=1S/C19H20ClNO3/c20-18-9-2-1-5-14(18)11-19(22)21-15-6-3-7-16(12-15)24-13-17-8-4-10-23-17/h1-3,5-7,9,12,17H,4,8,10-11,13H2,(H,21,22). The van der Waals surface area contributed by atoms with Crippen molar-refractivity contribution in [3.8, 4) is 5.75 Å². The largest absolute Gasteiger partial charge is 0.491 e. The van der Waals surface area contributed by atoms with Crippen molar-refractivity contribution >= 4 is 23.2 Å². The van der Waals surface area contributed by atoms with Crippen LogP contribution in [0.15, 0.2) is 48.5 Å². The van der Waals surface area contributed by atoms with Crippen LogP contribution in [0, 0.1) is 0 Å². The number of amides is 1. The molecular formula is C19H20ClNO3. The first kappa shape index (κ1) is 16.8. The third kappa shape index (κ3) is 4.73. The van der Waals surface area contributed by atoms with Gasteiger partial charge in [0.1, 0.15) is 12.4 Å². The summed E-state index contributed by atoms with van der Waals surface area (Å²) < 4.78 is 11.3. The number of rotatable bonds is 6. The Morgan fingerprint density at radius 1 is 1.25 bits per heavy atom. The molecule has 0 radical (unpaired) electrons. The Kier molecular flexibility index (Phi) is 5.72. The van der Waals surface area contributed by atoms with Gasteiger partial charge in [-0.1, -0.05) is 35.9 Å².